The van der Waals surface area contributed by atoms with Crippen molar-refractivity contribution in [1.82, 2.24) is 0 Å². The van der Waals surface area contributed by atoms with Crippen molar-refractivity contribution >= 4 is 40.3 Å². The first kappa shape index (κ1) is 13.2. The highest BCUT2D eigenvalue weighted by atomic mass is 127. The Bertz CT molecular complexity index is 488. The van der Waals surface area contributed by atoms with Crippen LogP contribution in [0.5, 0.6) is 11.5 Å². The van der Waals surface area contributed by atoms with Crippen LogP contribution in [0.2, 0.25) is 5.02 Å². The van der Waals surface area contributed by atoms with Crippen molar-refractivity contribution in [3.63, 3.8) is 0 Å². The van der Waals surface area contributed by atoms with Gasteiger partial charge in [-0.25, -0.2) is 4.79 Å². The maximum absolute atomic E-state index is 11.5. The Morgan fingerprint density at radius 2 is 1.33 bits per heavy atom. The summed E-state index contributed by atoms with van der Waals surface area (Å²) in [6.45, 7) is 0. The number of carbonyl (C=O) groups is 1. The second kappa shape index (κ2) is 6.06. The standard InChI is InChI=1S/C13H8ClIO3/c14-9-1-5-11(6-2-9)17-13(16)18-12-7-3-10(15)4-8-12/h1-8H. The van der Waals surface area contributed by atoms with Crippen LogP contribution in [0.1, 0.15) is 0 Å². The van der Waals surface area contributed by atoms with Gasteiger partial charge in [-0.3, -0.25) is 0 Å². The quantitative estimate of drug-likeness (QED) is 0.440. The molecule has 0 fully saturated rings. The summed E-state index contributed by atoms with van der Waals surface area (Å²) in [5.74, 6) is 0.823. The smallest absolute Gasteiger partial charge is 0.395 e. The number of rotatable bonds is 2. The van der Waals surface area contributed by atoms with Crippen molar-refractivity contribution in [3.05, 3.63) is 57.1 Å². The number of hydrogen-bond acceptors (Lipinski definition) is 3. The van der Waals surface area contributed by atoms with Crippen LogP contribution in [-0.4, -0.2) is 6.16 Å². The molecule has 0 aliphatic rings. The van der Waals surface area contributed by atoms with E-state index in [1.165, 1.54) is 0 Å². The van der Waals surface area contributed by atoms with Gasteiger partial charge in [-0.15, -0.1) is 0 Å². The highest BCUT2D eigenvalue weighted by Crippen LogP contribution is 2.18. The molecular weight excluding hydrogens is 366 g/mol. The largest absolute Gasteiger partial charge is 0.519 e. The lowest BCUT2D eigenvalue weighted by Gasteiger charge is -2.05. The van der Waals surface area contributed by atoms with Crippen molar-refractivity contribution < 1.29 is 14.3 Å². The fraction of sp³-hybridized carbons (Fsp3) is 0. The average molecular weight is 375 g/mol. The van der Waals surface area contributed by atoms with E-state index in [1.54, 1.807) is 36.4 Å². The molecule has 2 aromatic carbocycles. The van der Waals surface area contributed by atoms with Gasteiger partial charge in [0.2, 0.25) is 0 Å². The van der Waals surface area contributed by atoms with E-state index in [4.69, 9.17) is 21.1 Å². The van der Waals surface area contributed by atoms with Crippen LogP contribution in [0.3, 0.4) is 0 Å². The van der Waals surface area contributed by atoms with Crippen LogP contribution in [-0.2, 0) is 0 Å². The predicted octanol–water partition coefficient (Wildman–Crippen LogP) is 4.52. The predicted molar refractivity (Wildman–Crippen MR) is 77.3 cm³/mol. The molecule has 3 nitrogen and oxygen atoms in total. The van der Waals surface area contributed by atoms with Crippen LogP contribution < -0.4 is 9.47 Å². The van der Waals surface area contributed by atoms with E-state index in [9.17, 15) is 4.79 Å². The second-order valence-corrected chi connectivity index (χ2v) is 5.04. The molecule has 0 amide bonds. The first-order valence-electron chi connectivity index (χ1n) is 5.04. The van der Waals surface area contributed by atoms with Gasteiger partial charge in [0.1, 0.15) is 11.5 Å². The molecule has 0 atom stereocenters. The fourth-order valence-electron chi connectivity index (χ4n) is 1.22. The first-order chi connectivity index (χ1) is 8.63. The van der Waals surface area contributed by atoms with E-state index in [0.29, 0.717) is 16.5 Å². The van der Waals surface area contributed by atoms with E-state index in [2.05, 4.69) is 22.6 Å². The maximum Gasteiger partial charge on any atom is 0.519 e. The Morgan fingerprint density at radius 3 is 1.83 bits per heavy atom. The maximum atomic E-state index is 11.5. The Morgan fingerprint density at radius 1 is 0.889 bits per heavy atom. The minimum atomic E-state index is -0.779. The fourth-order valence-corrected chi connectivity index (χ4v) is 1.70. The molecule has 0 aliphatic carbocycles. The molecule has 2 rings (SSSR count). The van der Waals surface area contributed by atoms with Gasteiger partial charge in [0.05, 0.1) is 0 Å². The Hall–Kier alpha value is -1.27. The molecule has 92 valence electrons. The number of ether oxygens (including phenoxy) is 2. The van der Waals surface area contributed by atoms with Crippen molar-refractivity contribution in [2.75, 3.05) is 0 Å². The van der Waals surface area contributed by atoms with Gasteiger partial charge in [-0.05, 0) is 71.1 Å². The van der Waals surface area contributed by atoms with E-state index in [1.807, 2.05) is 12.1 Å². The van der Waals surface area contributed by atoms with Crippen LogP contribution in [0, 0.1) is 3.57 Å². The monoisotopic (exact) mass is 374 g/mol. The highest BCUT2D eigenvalue weighted by Gasteiger charge is 2.07. The van der Waals surface area contributed by atoms with Crippen molar-refractivity contribution in [2.24, 2.45) is 0 Å². The summed E-state index contributed by atoms with van der Waals surface area (Å²) in [5.41, 5.74) is 0. The van der Waals surface area contributed by atoms with Gasteiger partial charge in [-0.2, -0.15) is 0 Å². The van der Waals surface area contributed by atoms with Crippen LogP contribution >= 0.6 is 34.2 Å². The van der Waals surface area contributed by atoms with E-state index < -0.39 is 6.16 Å². The molecule has 0 heterocycles. The summed E-state index contributed by atoms with van der Waals surface area (Å²) in [6, 6.07) is 13.5. The average Bonchev–Trinajstić information content (AvgIpc) is 2.35. The SMILES string of the molecule is O=C(Oc1ccc(Cl)cc1)Oc1ccc(I)cc1. The van der Waals surface area contributed by atoms with E-state index in [-0.39, 0.29) is 0 Å². The number of benzene rings is 2. The topological polar surface area (TPSA) is 35.5 Å². The summed E-state index contributed by atoms with van der Waals surface area (Å²) in [5, 5.41) is 0.577. The van der Waals surface area contributed by atoms with E-state index >= 15 is 0 Å². The number of hydrogen-bond donors (Lipinski definition) is 0. The van der Waals surface area contributed by atoms with Gasteiger partial charge in [0.25, 0.3) is 0 Å². The molecule has 0 saturated heterocycles. The lowest BCUT2D eigenvalue weighted by Crippen LogP contribution is -2.13. The lowest BCUT2D eigenvalue weighted by atomic mass is 10.3. The molecule has 0 spiro atoms. The van der Waals surface area contributed by atoms with E-state index in [0.717, 1.165) is 3.57 Å². The summed E-state index contributed by atoms with van der Waals surface area (Å²) < 4.78 is 11.0. The molecule has 0 bridgehead atoms. The van der Waals surface area contributed by atoms with Crippen molar-refractivity contribution in [2.45, 2.75) is 0 Å². The van der Waals surface area contributed by atoms with Crippen LogP contribution in [0.4, 0.5) is 4.79 Å². The zero-order valence-electron chi connectivity index (χ0n) is 9.10. The summed E-state index contributed by atoms with van der Waals surface area (Å²) in [4.78, 5) is 11.5. The Balaban J connectivity index is 1.96. The zero-order valence-corrected chi connectivity index (χ0v) is 12.0. The van der Waals surface area contributed by atoms with Gasteiger partial charge >= 0.3 is 6.16 Å². The third kappa shape index (κ3) is 3.89. The van der Waals surface area contributed by atoms with Gasteiger partial charge in [0, 0.05) is 8.59 Å². The van der Waals surface area contributed by atoms with Gasteiger partial charge < -0.3 is 9.47 Å². The molecule has 0 N–H and O–H groups in total. The minimum Gasteiger partial charge on any atom is -0.395 e. The molecular formula is C13H8ClIO3. The summed E-state index contributed by atoms with van der Waals surface area (Å²) in [7, 11) is 0. The number of carbonyl (C=O) groups excluding carboxylic acids is 1. The molecule has 0 saturated carbocycles. The minimum absolute atomic E-state index is 0.384. The van der Waals surface area contributed by atoms with Gasteiger partial charge in [-0.1, -0.05) is 11.6 Å². The van der Waals surface area contributed by atoms with Crippen molar-refractivity contribution in [3.8, 4) is 11.5 Å². The summed E-state index contributed by atoms with van der Waals surface area (Å²) >= 11 is 7.89. The third-order valence-electron chi connectivity index (χ3n) is 2.03. The molecule has 2 aromatic rings. The molecule has 0 unspecified atom stereocenters. The first-order valence-corrected chi connectivity index (χ1v) is 6.50. The van der Waals surface area contributed by atoms with Gasteiger partial charge in [0.15, 0.2) is 0 Å². The third-order valence-corrected chi connectivity index (χ3v) is 3.00. The molecule has 0 radical (unpaired) electrons. The van der Waals surface area contributed by atoms with Crippen LogP contribution in [0.25, 0.3) is 0 Å². The zero-order chi connectivity index (χ0) is 13.0. The molecule has 5 heteroatoms. The second-order valence-electron chi connectivity index (χ2n) is 3.36. The lowest BCUT2D eigenvalue weighted by molar-refractivity contribution is 0.152. The molecule has 18 heavy (non-hydrogen) atoms. The summed E-state index contributed by atoms with van der Waals surface area (Å²) in [6.07, 6.45) is -0.779. The molecule has 0 aliphatic heterocycles. The Kier molecular flexibility index (Phi) is 4.43. The Labute approximate surface area is 123 Å². The molecule has 0 aromatic heterocycles. The highest BCUT2D eigenvalue weighted by molar-refractivity contribution is 14.1. The van der Waals surface area contributed by atoms with Crippen LogP contribution in [0.15, 0.2) is 48.5 Å². The normalized spacial score (nSPS) is 9.89. The number of halogens is 2. The van der Waals surface area contributed by atoms with Crippen molar-refractivity contribution in [1.29, 1.82) is 0 Å².